The molecule has 0 bridgehead atoms. The minimum Gasteiger partial charge on any atom is -0.134 e. The fourth-order valence-corrected chi connectivity index (χ4v) is 19.2. The van der Waals surface area contributed by atoms with Crippen molar-refractivity contribution in [3.63, 3.8) is 0 Å². The molecule has 5 heteroatoms. The van der Waals surface area contributed by atoms with E-state index in [4.69, 9.17) is 0 Å². The molecule has 0 unspecified atom stereocenters. The van der Waals surface area contributed by atoms with Crippen molar-refractivity contribution in [3.8, 4) is 87.6 Å². The zero-order valence-corrected chi connectivity index (χ0v) is 50.5. The van der Waals surface area contributed by atoms with Crippen LogP contribution in [0.2, 0.25) is 27.3 Å². The van der Waals surface area contributed by atoms with Gasteiger partial charge in [0.15, 0.2) is 0 Å². The fraction of sp³-hybridized carbons (Fsp3) is 0.278. The Morgan fingerprint density at radius 3 is 0.675 bits per heavy atom. The first-order valence-electron chi connectivity index (χ1n) is 28.7. The Labute approximate surface area is 466 Å². The molecule has 0 aliphatic carbocycles. The van der Waals surface area contributed by atoms with Crippen LogP contribution in [0.1, 0.15) is 89.0 Å². The van der Waals surface area contributed by atoms with E-state index in [1.165, 1.54) is 220 Å². The Kier molecular flexibility index (Phi) is 11.2. The van der Waals surface area contributed by atoms with Crippen LogP contribution < -0.4 is 43.7 Å². The van der Waals surface area contributed by atoms with Crippen LogP contribution in [0.4, 0.5) is 0 Å². The number of aryl methyl sites for hydroxylation is 12. The second-order valence-electron chi connectivity index (χ2n) is 25.2. The molecule has 5 heterocycles. The topological polar surface area (TPSA) is 0 Å². The van der Waals surface area contributed by atoms with Gasteiger partial charge >= 0.3 is 0 Å². The van der Waals surface area contributed by atoms with Crippen LogP contribution in [-0.4, -0.2) is 26.9 Å². The molecule has 0 N–H and O–H groups in total. The summed E-state index contributed by atoms with van der Waals surface area (Å²) in [4.78, 5) is 2.82. The van der Waals surface area contributed by atoms with Crippen molar-refractivity contribution in [1.29, 1.82) is 0 Å². The standard InChI is InChI=1S/C72H72B4S/c1-33-21-41(9)63-49(25-33)53-29-37(5)57(45(13)67(53)73(63)17)61-62(58-38(6)30-54-50-26-34(2)22-42(10)64(50)74(18)68(54)46(58)14)72(60-40(8)32-56-52-28-36(4)24-44(12)66(52)76(20)70(56)48(60)16)77-71(61)59-39(7)31-55-51-27-35(3)23-43(11)65(51)75(19)69(55)47(59)15/h21-32H,1-20H3. The molecule has 0 saturated carbocycles. The van der Waals surface area contributed by atoms with Gasteiger partial charge in [-0.3, -0.25) is 0 Å². The summed E-state index contributed by atoms with van der Waals surface area (Å²) in [6.45, 7) is 49.1. The first-order valence-corrected chi connectivity index (χ1v) is 29.5. The number of rotatable bonds is 4. The van der Waals surface area contributed by atoms with Gasteiger partial charge in [-0.25, -0.2) is 0 Å². The van der Waals surface area contributed by atoms with Crippen molar-refractivity contribution >= 4 is 81.9 Å². The van der Waals surface area contributed by atoms with Crippen LogP contribution in [0, 0.1) is 111 Å². The smallest absolute Gasteiger partial charge is 0.134 e. The van der Waals surface area contributed by atoms with Crippen LogP contribution in [0.3, 0.4) is 0 Å². The van der Waals surface area contributed by atoms with E-state index in [0.717, 1.165) is 0 Å². The molecule has 4 aliphatic heterocycles. The summed E-state index contributed by atoms with van der Waals surface area (Å²) >= 11 is 2.10. The molecule has 1 aromatic heterocycles. The average molecular weight is 1010 g/mol. The van der Waals surface area contributed by atoms with E-state index >= 15 is 0 Å². The molecule has 0 amide bonds. The normalized spacial score (nSPS) is 13.4. The molecule has 0 fully saturated rings. The van der Waals surface area contributed by atoms with Crippen molar-refractivity contribution < 1.29 is 0 Å². The van der Waals surface area contributed by atoms with Gasteiger partial charge in [-0.05, 0) is 222 Å². The van der Waals surface area contributed by atoms with Crippen molar-refractivity contribution in [2.45, 2.75) is 138 Å². The zero-order valence-electron chi connectivity index (χ0n) is 49.6. The number of fused-ring (bicyclic) bond motifs is 12. The lowest BCUT2D eigenvalue weighted by Crippen LogP contribution is -2.38. The van der Waals surface area contributed by atoms with E-state index in [9.17, 15) is 0 Å². The van der Waals surface area contributed by atoms with E-state index < -0.39 is 0 Å². The minimum atomic E-state index is 0.283. The quantitative estimate of drug-likeness (QED) is 0.154. The lowest BCUT2D eigenvalue weighted by Gasteiger charge is -2.24. The average Bonchev–Trinajstić information content (AvgIpc) is 4.16. The molecule has 378 valence electrons. The van der Waals surface area contributed by atoms with Gasteiger partial charge in [0.1, 0.15) is 0 Å². The summed E-state index contributed by atoms with van der Waals surface area (Å²) in [6.07, 6.45) is 0. The highest BCUT2D eigenvalue weighted by molar-refractivity contribution is 7.20. The molecule has 0 saturated heterocycles. The third-order valence-corrected chi connectivity index (χ3v) is 21.1. The highest BCUT2D eigenvalue weighted by atomic mass is 32.1. The van der Waals surface area contributed by atoms with Crippen molar-refractivity contribution in [2.75, 3.05) is 0 Å². The predicted molar refractivity (Wildman–Crippen MR) is 347 cm³/mol. The summed E-state index contributed by atoms with van der Waals surface area (Å²) in [7, 11) is 0. The number of hydrogen-bond donors (Lipinski definition) is 0. The highest BCUT2D eigenvalue weighted by Crippen LogP contribution is 2.57. The number of benzene rings is 8. The maximum Gasteiger partial charge on any atom is 0.208 e. The van der Waals surface area contributed by atoms with Gasteiger partial charge in [0.2, 0.25) is 26.9 Å². The van der Waals surface area contributed by atoms with Gasteiger partial charge in [0.25, 0.3) is 0 Å². The van der Waals surface area contributed by atoms with Crippen molar-refractivity contribution in [1.82, 2.24) is 0 Å². The van der Waals surface area contributed by atoms with Crippen molar-refractivity contribution in [3.05, 3.63) is 162 Å². The van der Waals surface area contributed by atoms with Crippen LogP contribution in [0.15, 0.2) is 72.8 Å². The lowest BCUT2D eigenvalue weighted by atomic mass is 9.43. The minimum absolute atomic E-state index is 0.283. The van der Waals surface area contributed by atoms with Gasteiger partial charge < -0.3 is 0 Å². The molecule has 4 aliphatic rings. The second-order valence-corrected chi connectivity index (χ2v) is 26.2. The third-order valence-electron chi connectivity index (χ3n) is 19.9. The van der Waals surface area contributed by atoms with Crippen LogP contribution in [-0.2, 0) is 0 Å². The zero-order chi connectivity index (χ0) is 54.6. The Bertz CT molecular complexity index is 3960. The SMILES string of the molecule is CB1c2c(C)cc(C)cc2-c2cc(C)c(-c3sc(-c4c(C)cc5c(c4C)B(C)c4c(C)cc(C)cc4-5)c(-c4c(C)cc5c(c4C)B(C)c4c(C)cc(C)cc4-5)c3-c3c(C)cc4c(c3C)B(C)c3c(C)cc(C)cc3-4)c(C)c21. The van der Waals surface area contributed by atoms with Crippen molar-refractivity contribution in [2.24, 2.45) is 0 Å². The predicted octanol–water partition coefficient (Wildman–Crippen LogP) is 14.2. The summed E-state index contributed by atoms with van der Waals surface area (Å²) in [6, 6.07) is 29.8. The molecule has 0 radical (unpaired) electrons. The largest absolute Gasteiger partial charge is 0.208 e. The van der Waals surface area contributed by atoms with E-state index in [2.05, 4.69) is 222 Å². The number of hydrogen-bond acceptors (Lipinski definition) is 1. The molecule has 0 atom stereocenters. The van der Waals surface area contributed by atoms with E-state index in [0.29, 0.717) is 13.4 Å². The summed E-state index contributed by atoms with van der Waals surface area (Å²) in [5.74, 6) is 0. The summed E-state index contributed by atoms with van der Waals surface area (Å²) < 4.78 is 0. The van der Waals surface area contributed by atoms with Crippen LogP contribution in [0.25, 0.3) is 87.6 Å². The first-order chi connectivity index (χ1) is 36.5. The Hall–Kier alpha value is -6.28. The van der Waals surface area contributed by atoms with Crippen LogP contribution in [0.5, 0.6) is 0 Å². The van der Waals surface area contributed by atoms with Gasteiger partial charge in [0, 0.05) is 20.9 Å². The maximum atomic E-state index is 2.59. The molecular formula is C72H72B4S. The molecule has 8 aromatic carbocycles. The lowest BCUT2D eigenvalue weighted by molar-refractivity contribution is 1.37. The fourth-order valence-electron chi connectivity index (χ4n) is 17.5. The summed E-state index contributed by atoms with van der Waals surface area (Å²) in [5.41, 5.74) is 54.0. The Morgan fingerprint density at radius 1 is 0.221 bits per heavy atom. The van der Waals surface area contributed by atoms with E-state index in [1.807, 2.05) is 0 Å². The molecule has 77 heavy (non-hydrogen) atoms. The molecular weight excluding hydrogens is 940 g/mol. The molecule has 0 spiro atoms. The molecule has 0 nitrogen and oxygen atoms in total. The Balaban J connectivity index is 1.20. The van der Waals surface area contributed by atoms with E-state index in [-0.39, 0.29) is 13.4 Å². The molecule has 9 aromatic rings. The van der Waals surface area contributed by atoms with Gasteiger partial charge in [-0.1, -0.05) is 188 Å². The van der Waals surface area contributed by atoms with Gasteiger partial charge in [-0.2, -0.15) is 0 Å². The van der Waals surface area contributed by atoms with Gasteiger partial charge in [0.05, 0.1) is 0 Å². The Morgan fingerprint density at radius 2 is 0.429 bits per heavy atom. The summed E-state index contributed by atoms with van der Waals surface area (Å²) in [5, 5.41) is 0. The van der Waals surface area contributed by atoms with Crippen LogP contribution >= 0.6 is 11.3 Å². The molecule has 13 rings (SSSR count). The maximum absolute atomic E-state index is 2.59. The second kappa shape index (κ2) is 17.1. The van der Waals surface area contributed by atoms with E-state index in [1.54, 1.807) is 0 Å². The monoisotopic (exact) mass is 1010 g/mol. The number of thiophene rings is 1. The third kappa shape index (κ3) is 6.75. The highest BCUT2D eigenvalue weighted by Gasteiger charge is 2.41. The first kappa shape index (κ1) is 50.2. The van der Waals surface area contributed by atoms with Gasteiger partial charge in [-0.15, -0.1) is 11.3 Å².